The quantitative estimate of drug-likeness (QED) is 0.226. The first kappa shape index (κ1) is 29.3. The van der Waals surface area contributed by atoms with Gasteiger partial charge in [-0.2, -0.15) is 4.98 Å². The maximum Gasteiger partial charge on any atom is 0.408 e. The Hall–Kier alpha value is -4.66. The van der Waals surface area contributed by atoms with Crippen molar-refractivity contribution in [3.8, 4) is 17.1 Å². The number of alkyl carbamates (subject to hydrolysis) is 1. The van der Waals surface area contributed by atoms with Crippen LogP contribution in [0.1, 0.15) is 44.7 Å². The summed E-state index contributed by atoms with van der Waals surface area (Å²) in [5.41, 5.74) is 2.00. The van der Waals surface area contributed by atoms with Crippen molar-refractivity contribution < 1.29 is 28.3 Å². The average molecular weight is 558 g/mol. The van der Waals surface area contributed by atoms with E-state index in [2.05, 4.69) is 27.6 Å². The fourth-order valence-corrected chi connectivity index (χ4v) is 4.00. The van der Waals surface area contributed by atoms with Crippen LogP contribution >= 0.6 is 0 Å². The van der Waals surface area contributed by atoms with Crippen molar-refractivity contribution >= 4 is 12.1 Å². The molecule has 0 fully saturated rings. The lowest BCUT2D eigenvalue weighted by atomic mass is 10.1. The maximum atomic E-state index is 12.9. The Bertz CT molecular complexity index is 1400. The lowest BCUT2D eigenvalue weighted by Crippen LogP contribution is -2.45. The van der Waals surface area contributed by atoms with Crippen molar-refractivity contribution in [2.45, 2.75) is 64.9 Å². The van der Waals surface area contributed by atoms with E-state index in [0.29, 0.717) is 11.4 Å². The Balaban J connectivity index is 1.39. The number of hydrogen-bond donors (Lipinski definition) is 1. The molecular formula is C32H35N3O6. The van der Waals surface area contributed by atoms with E-state index in [1.807, 2.05) is 79.7 Å². The normalized spacial score (nSPS) is 12.7. The minimum Gasteiger partial charge on any atom is -0.490 e. The number of carbonyl (C=O) groups excluding carboxylic acids is 2. The summed E-state index contributed by atoms with van der Waals surface area (Å²) in [5, 5.41) is 6.62. The Morgan fingerprint density at radius 3 is 2.15 bits per heavy atom. The zero-order valence-electron chi connectivity index (χ0n) is 23.7. The molecular weight excluding hydrogens is 522 g/mol. The van der Waals surface area contributed by atoms with E-state index < -0.39 is 23.7 Å². The molecule has 3 aromatic carbocycles. The van der Waals surface area contributed by atoms with E-state index in [0.717, 1.165) is 17.7 Å². The van der Waals surface area contributed by atoms with Crippen LogP contribution in [0.4, 0.5) is 4.79 Å². The lowest BCUT2D eigenvalue weighted by molar-refractivity contribution is -0.147. The van der Waals surface area contributed by atoms with Gasteiger partial charge in [0.2, 0.25) is 11.7 Å². The molecule has 1 heterocycles. The molecule has 0 radical (unpaired) electrons. The minimum absolute atomic E-state index is 0.00363. The molecule has 41 heavy (non-hydrogen) atoms. The number of carbonyl (C=O) groups is 2. The van der Waals surface area contributed by atoms with Gasteiger partial charge in [0.05, 0.1) is 12.5 Å². The highest BCUT2D eigenvalue weighted by molar-refractivity contribution is 5.81. The van der Waals surface area contributed by atoms with E-state index >= 15 is 0 Å². The Labute approximate surface area is 239 Å². The molecule has 9 heteroatoms. The zero-order chi connectivity index (χ0) is 29.2. The fraction of sp³-hybridized carbons (Fsp3) is 0.312. The van der Waals surface area contributed by atoms with Crippen molar-refractivity contribution in [2.24, 2.45) is 0 Å². The Morgan fingerprint density at radius 1 is 0.878 bits per heavy atom. The van der Waals surface area contributed by atoms with Crippen LogP contribution in [0.2, 0.25) is 0 Å². The topological polar surface area (TPSA) is 113 Å². The SMILES string of the molecule is C[C@H](Cc1ccccc1)Oc1ccc(-c2noc(C[C@H](NC(=O)OC(C)(C)C)C(=O)OCc3ccccc3)n2)cc1. The molecule has 0 bridgehead atoms. The molecule has 0 aliphatic rings. The van der Waals surface area contributed by atoms with Crippen LogP contribution in [0, 0.1) is 0 Å². The lowest BCUT2D eigenvalue weighted by Gasteiger charge is -2.22. The standard InChI is InChI=1S/C32H35N3O6/c1-22(19-23-11-7-5-8-12-23)39-26-17-15-25(16-18-26)29-34-28(41-35-29)20-27(33-31(37)40-32(2,3)4)30(36)38-21-24-13-9-6-10-14-24/h5-18,22,27H,19-21H2,1-4H3,(H,33,37)/t22-,27+/m1/s1. The van der Waals surface area contributed by atoms with Crippen molar-refractivity contribution in [2.75, 3.05) is 0 Å². The number of rotatable bonds is 11. The second-order valence-electron chi connectivity index (χ2n) is 10.7. The zero-order valence-corrected chi connectivity index (χ0v) is 23.7. The fourth-order valence-electron chi connectivity index (χ4n) is 4.00. The van der Waals surface area contributed by atoms with Crippen LogP contribution in [-0.2, 0) is 33.7 Å². The van der Waals surface area contributed by atoms with Gasteiger partial charge in [-0.05, 0) is 63.1 Å². The van der Waals surface area contributed by atoms with Crippen molar-refractivity contribution in [1.82, 2.24) is 15.5 Å². The predicted octanol–water partition coefficient (Wildman–Crippen LogP) is 5.93. The highest BCUT2D eigenvalue weighted by Gasteiger charge is 2.28. The number of nitrogens with zero attached hydrogens (tertiary/aromatic N) is 2. The molecule has 4 aromatic rings. The van der Waals surface area contributed by atoms with Gasteiger partial charge in [0.1, 0.15) is 24.0 Å². The summed E-state index contributed by atoms with van der Waals surface area (Å²) in [6.07, 6.45) is -0.0340. The molecule has 2 atom stereocenters. The number of esters is 1. The second kappa shape index (κ2) is 13.6. The van der Waals surface area contributed by atoms with Gasteiger partial charge in [-0.25, -0.2) is 9.59 Å². The van der Waals surface area contributed by atoms with Crippen LogP contribution in [0.3, 0.4) is 0 Å². The second-order valence-corrected chi connectivity index (χ2v) is 10.7. The van der Waals surface area contributed by atoms with Crippen molar-refractivity contribution in [3.63, 3.8) is 0 Å². The third-order valence-corrected chi connectivity index (χ3v) is 5.86. The molecule has 4 rings (SSSR count). The molecule has 0 saturated heterocycles. The van der Waals surface area contributed by atoms with Crippen LogP contribution in [-0.4, -0.2) is 40.0 Å². The molecule has 1 aromatic heterocycles. The van der Waals surface area contributed by atoms with Crippen LogP contribution in [0.5, 0.6) is 5.75 Å². The highest BCUT2D eigenvalue weighted by Crippen LogP contribution is 2.22. The van der Waals surface area contributed by atoms with Gasteiger partial charge < -0.3 is 24.1 Å². The average Bonchev–Trinajstić information content (AvgIpc) is 3.40. The summed E-state index contributed by atoms with van der Waals surface area (Å²) in [6, 6.07) is 25.7. The van der Waals surface area contributed by atoms with Crippen LogP contribution < -0.4 is 10.1 Å². The van der Waals surface area contributed by atoms with E-state index in [1.54, 1.807) is 20.8 Å². The molecule has 214 valence electrons. The molecule has 1 N–H and O–H groups in total. The molecule has 9 nitrogen and oxygen atoms in total. The number of hydrogen-bond acceptors (Lipinski definition) is 8. The molecule has 0 saturated carbocycles. The third kappa shape index (κ3) is 9.49. The summed E-state index contributed by atoms with van der Waals surface area (Å²) in [7, 11) is 0. The highest BCUT2D eigenvalue weighted by atomic mass is 16.6. The number of aromatic nitrogens is 2. The van der Waals surface area contributed by atoms with E-state index in [4.69, 9.17) is 18.7 Å². The third-order valence-electron chi connectivity index (χ3n) is 5.86. The Kier molecular flexibility index (Phi) is 9.73. The van der Waals surface area contributed by atoms with Gasteiger partial charge in [0, 0.05) is 12.0 Å². The number of nitrogens with one attached hydrogen (secondary N) is 1. The largest absolute Gasteiger partial charge is 0.490 e. The Morgan fingerprint density at radius 2 is 1.51 bits per heavy atom. The number of amides is 1. The van der Waals surface area contributed by atoms with Crippen molar-refractivity contribution in [3.05, 3.63) is 102 Å². The predicted molar refractivity (Wildman–Crippen MR) is 153 cm³/mol. The summed E-state index contributed by atoms with van der Waals surface area (Å²) in [6.45, 7) is 7.29. The monoisotopic (exact) mass is 557 g/mol. The van der Waals surface area contributed by atoms with Gasteiger partial charge >= 0.3 is 12.1 Å². The molecule has 0 spiro atoms. The van der Waals surface area contributed by atoms with E-state index in [1.165, 1.54) is 5.56 Å². The number of ether oxygens (including phenoxy) is 3. The van der Waals surface area contributed by atoms with Gasteiger partial charge in [-0.1, -0.05) is 65.8 Å². The van der Waals surface area contributed by atoms with Crippen LogP contribution in [0.25, 0.3) is 11.4 Å². The maximum absolute atomic E-state index is 12.9. The molecule has 0 aliphatic heterocycles. The smallest absolute Gasteiger partial charge is 0.408 e. The summed E-state index contributed by atoms with van der Waals surface area (Å²) >= 11 is 0. The molecule has 0 aliphatic carbocycles. The first-order valence-electron chi connectivity index (χ1n) is 13.5. The van der Waals surface area contributed by atoms with E-state index in [9.17, 15) is 9.59 Å². The van der Waals surface area contributed by atoms with Gasteiger partial charge in [0.15, 0.2) is 0 Å². The minimum atomic E-state index is -1.09. The van der Waals surface area contributed by atoms with Gasteiger partial charge in [-0.3, -0.25) is 0 Å². The number of benzene rings is 3. The van der Waals surface area contributed by atoms with Crippen molar-refractivity contribution in [1.29, 1.82) is 0 Å². The van der Waals surface area contributed by atoms with E-state index in [-0.39, 0.29) is 25.0 Å². The molecule has 1 amide bonds. The first-order chi connectivity index (χ1) is 19.6. The molecule has 0 unspecified atom stereocenters. The van der Waals surface area contributed by atoms with Gasteiger partial charge in [0.25, 0.3) is 0 Å². The first-order valence-corrected chi connectivity index (χ1v) is 13.5. The summed E-state index contributed by atoms with van der Waals surface area (Å²) in [4.78, 5) is 29.8. The summed E-state index contributed by atoms with van der Waals surface area (Å²) in [5.74, 6) is 0.585. The summed E-state index contributed by atoms with van der Waals surface area (Å²) < 4.78 is 22.2. The van der Waals surface area contributed by atoms with Gasteiger partial charge in [-0.15, -0.1) is 0 Å². The van der Waals surface area contributed by atoms with Crippen LogP contribution in [0.15, 0.2) is 89.5 Å².